The minimum Gasteiger partial charge on any atom is -0.289 e. The number of hydrogen-bond donors (Lipinski definition) is 0. The van der Waals surface area contributed by atoms with Crippen molar-refractivity contribution < 1.29 is 4.79 Å². The van der Waals surface area contributed by atoms with Gasteiger partial charge in [0.05, 0.1) is 0 Å². The lowest BCUT2D eigenvalue weighted by Gasteiger charge is -2.28. The second-order valence-electron chi connectivity index (χ2n) is 10.3. The van der Waals surface area contributed by atoms with Crippen LogP contribution in [0.3, 0.4) is 0 Å². The predicted octanol–water partition coefficient (Wildman–Crippen LogP) is 9.04. The SMILES string of the molecule is CCc1cc(CC)c(-c2c(CC)cc(CC)c3cc4ccccc4cc23)c2c1Cc1ccccc1C2=O. The summed E-state index contributed by atoms with van der Waals surface area (Å²) in [4.78, 5) is 14.3. The highest BCUT2D eigenvalue weighted by Gasteiger charge is 2.31. The van der Waals surface area contributed by atoms with E-state index in [1.165, 1.54) is 60.5 Å². The van der Waals surface area contributed by atoms with Crippen LogP contribution in [0.4, 0.5) is 0 Å². The first-order valence-corrected chi connectivity index (χ1v) is 13.9. The third kappa shape index (κ3) is 3.63. The van der Waals surface area contributed by atoms with E-state index < -0.39 is 0 Å². The number of carbonyl (C=O) groups excluding carboxylic acids is 1. The Morgan fingerprint density at radius 2 is 1.14 bits per heavy atom. The van der Waals surface area contributed by atoms with E-state index in [1.54, 1.807) is 0 Å². The fourth-order valence-corrected chi connectivity index (χ4v) is 6.51. The molecule has 0 unspecified atom stereocenters. The van der Waals surface area contributed by atoms with Crippen molar-refractivity contribution in [2.75, 3.05) is 0 Å². The molecule has 0 bridgehead atoms. The van der Waals surface area contributed by atoms with Crippen molar-refractivity contribution in [1.29, 1.82) is 0 Å². The van der Waals surface area contributed by atoms with Crippen molar-refractivity contribution in [3.8, 4) is 11.1 Å². The number of hydrogen-bond acceptors (Lipinski definition) is 1. The maximum Gasteiger partial charge on any atom is 0.194 e. The molecule has 0 aromatic heterocycles. The van der Waals surface area contributed by atoms with Crippen molar-refractivity contribution in [3.05, 3.63) is 117 Å². The average Bonchev–Trinajstić information content (AvgIpc) is 2.94. The Kier molecular flexibility index (Phi) is 5.95. The monoisotopic (exact) mass is 482 g/mol. The van der Waals surface area contributed by atoms with E-state index in [0.717, 1.165) is 48.8 Å². The summed E-state index contributed by atoms with van der Waals surface area (Å²) < 4.78 is 0. The molecule has 0 spiro atoms. The zero-order valence-corrected chi connectivity index (χ0v) is 22.4. The van der Waals surface area contributed by atoms with Gasteiger partial charge < -0.3 is 0 Å². The van der Waals surface area contributed by atoms with E-state index >= 15 is 0 Å². The molecule has 1 nitrogen and oxygen atoms in total. The van der Waals surface area contributed by atoms with Crippen molar-refractivity contribution in [1.82, 2.24) is 0 Å². The van der Waals surface area contributed by atoms with Crippen LogP contribution in [0.25, 0.3) is 32.7 Å². The first kappa shape index (κ1) is 23.7. The van der Waals surface area contributed by atoms with Crippen molar-refractivity contribution in [2.45, 2.75) is 59.8 Å². The number of fused-ring (bicyclic) bond motifs is 4. The first-order valence-electron chi connectivity index (χ1n) is 13.9. The van der Waals surface area contributed by atoms with E-state index in [4.69, 9.17) is 0 Å². The van der Waals surface area contributed by atoms with Crippen molar-refractivity contribution in [2.24, 2.45) is 0 Å². The molecule has 0 saturated carbocycles. The van der Waals surface area contributed by atoms with Crippen LogP contribution in [0, 0.1) is 0 Å². The maximum atomic E-state index is 14.3. The Balaban J connectivity index is 1.79. The number of benzene rings is 5. The van der Waals surface area contributed by atoms with Gasteiger partial charge in [0.2, 0.25) is 0 Å². The highest BCUT2D eigenvalue weighted by molar-refractivity contribution is 6.19. The smallest absolute Gasteiger partial charge is 0.194 e. The fraction of sp³-hybridized carbons (Fsp3) is 0.250. The zero-order valence-electron chi connectivity index (χ0n) is 22.4. The zero-order chi connectivity index (χ0) is 25.7. The van der Waals surface area contributed by atoms with E-state index in [9.17, 15) is 4.79 Å². The first-order chi connectivity index (χ1) is 18.1. The van der Waals surface area contributed by atoms with Gasteiger partial charge in [0.15, 0.2) is 5.78 Å². The molecule has 0 saturated heterocycles. The third-order valence-electron chi connectivity index (χ3n) is 8.41. The summed E-state index contributed by atoms with van der Waals surface area (Å²) in [6, 6.07) is 26.4. The number of aryl methyl sites for hydroxylation is 4. The molecule has 1 heteroatoms. The van der Waals surface area contributed by atoms with Gasteiger partial charge in [0, 0.05) is 11.1 Å². The molecular formula is C36H34O. The van der Waals surface area contributed by atoms with Gasteiger partial charge in [-0.25, -0.2) is 0 Å². The van der Waals surface area contributed by atoms with Gasteiger partial charge in [-0.2, -0.15) is 0 Å². The Hall–Kier alpha value is -3.71. The van der Waals surface area contributed by atoms with Gasteiger partial charge in [-0.3, -0.25) is 4.79 Å². The molecule has 5 aromatic rings. The van der Waals surface area contributed by atoms with Gasteiger partial charge in [-0.1, -0.05) is 88.4 Å². The second kappa shape index (κ2) is 9.30. The highest BCUT2D eigenvalue weighted by Crippen LogP contribution is 2.45. The lowest BCUT2D eigenvalue weighted by Crippen LogP contribution is -2.19. The van der Waals surface area contributed by atoms with Crippen LogP contribution in [-0.2, 0) is 32.1 Å². The summed E-state index contributed by atoms with van der Waals surface area (Å²) in [5.74, 6) is 0.187. The molecule has 0 heterocycles. The molecule has 37 heavy (non-hydrogen) atoms. The standard InChI is InChI=1S/C36H34O/c1-5-22-17-24(7-3)33(32-20-27-14-10-9-13-26(27)19-30(22)32)34-25(8-4)18-23(6-2)31-21-28-15-11-12-16-29(28)36(37)35(31)34/h9-20H,5-8,21H2,1-4H3. The van der Waals surface area contributed by atoms with Crippen LogP contribution in [0.2, 0.25) is 0 Å². The van der Waals surface area contributed by atoms with Crippen molar-refractivity contribution in [3.63, 3.8) is 0 Å². The van der Waals surface area contributed by atoms with Crippen LogP contribution in [-0.4, -0.2) is 5.78 Å². The summed E-state index contributed by atoms with van der Waals surface area (Å²) >= 11 is 0. The lowest BCUT2D eigenvalue weighted by atomic mass is 9.74. The molecule has 5 aromatic carbocycles. The molecule has 1 aliphatic rings. The van der Waals surface area contributed by atoms with E-state index in [-0.39, 0.29) is 5.78 Å². The molecule has 6 rings (SSSR count). The van der Waals surface area contributed by atoms with Crippen LogP contribution >= 0.6 is 0 Å². The fourth-order valence-electron chi connectivity index (χ4n) is 6.51. The molecular weight excluding hydrogens is 448 g/mol. The minimum atomic E-state index is 0.187. The van der Waals surface area contributed by atoms with Gasteiger partial charge >= 0.3 is 0 Å². The Labute approximate surface area is 220 Å². The maximum absolute atomic E-state index is 14.3. The summed E-state index contributed by atoms with van der Waals surface area (Å²) in [5.41, 5.74) is 12.0. The predicted molar refractivity (Wildman–Crippen MR) is 157 cm³/mol. The quantitative estimate of drug-likeness (QED) is 0.224. The normalized spacial score (nSPS) is 12.7. The van der Waals surface area contributed by atoms with E-state index in [0.29, 0.717) is 0 Å². The molecule has 0 aliphatic heterocycles. The Bertz CT molecular complexity index is 1700. The van der Waals surface area contributed by atoms with Gasteiger partial charge in [0.25, 0.3) is 0 Å². The number of ketones is 1. The van der Waals surface area contributed by atoms with Crippen LogP contribution < -0.4 is 0 Å². The van der Waals surface area contributed by atoms with E-state index in [2.05, 4.69) is 88.4 Å². The topological polar surface area (TPSA) is 17.1 Å². The van der Waals surface area contributed by atoms with Crippen LogP contribution in [0.5, 0.6) is 0 Å². The van der Waals surface area contributed by atoms with Crippen LogP contribution in [0.15, 0.2) is 72.8 Å². The summed E-state index contributed by atoms with van der Waals surface area (Å²) in [6.45, 7) is 8.95. The lowest BCUT2D eigenvalue weighted by molar-refractivity contribution is 0.103. The molecule has 184 valence electrons. The number of carbonyl (C=O) groups is 1. The molecule has 0 atom stereocenters. The molecule has 0 amide bonds. The summed E-state index contributed by atoms with van der Waals surface area (Å²) in [6.07, 6.45) is 4.59. The molecule has 0 fully saturated rings. The third-order valence-corrected chi connectivity index (χ3v) is 8.41. The second-order valence-corrected chi connectivity index (χ2v) is 10.3. The van der Waals surface area contributed by atoms with Gasteiger partial charge in [-0.05, 0) is 110 Å². The largest absolute Gasteiger partial charge is 0.289 e. The Morgan fingerprint density at radius 3 is 1.81 bits per heavy atom. The summed E-state index contributed by atoms with van der Waals surface area (Å²) in [7, 11) is 0. The van der Waals surface area contributed by atoms with Gasteiger partial charge in [0.1, 0.15) is 0 Å². The van der Waals surface area contributed by atoms with Crippen molar-refractivity contribution >= 4 is 27.3 Å². The van der Waals surface area contributed by atoms with Crippen LogP contribution in [0.1, 0.15) is 77.0 Å². The van der Waals surface area contributed by atoms with Gasteiger partial charge in [-0.15, -0.1) is 0 Å². The minimum absolute atomic E-state index is 0.187. The van der Waals surface area contributed by atoms with E-state index in [1.807, 2.05) is 12.1 Å². The summed E-state index contributed by atoms with van der Waals surface area (Å²) in [5, 5.41) is 5.11. The number of rotatable bonds is 5. The highest BCUT2D eigenvalue weighted by atomic mass is 16.1. The molecule has 0 N–H and O–H groups in total. The average molecular weight is 483 g/mol. The molecule has 0 radical (unpaired) electrons. The Morgan fingerprint density at radius 1 is 0.568 bits per heavy atom. The molecule has 1 aliphatic carbocycles.